The van der Waals surface area contributed by atoms with Crippen molar-refractivity contribution in [3.8, 4) is 0 Å². The Bertz CT molecular complexity index is 547. The third-order valence-electron chi connectivity index (χ3n) is 3.33. The minimum atomic E-state index is 0.758. The second kappa shape index (κ2) is 5.71. The van der Waals surface area contributed by atoms with Gasteiger partial charge in [-0.3, -0.25) is 4.90 Å². The molecule has 0 amide bonds. The van der Waals surface area contributed by atoms with Gasteiger partial charge < -0.3 is 16.0 Å². The van der Waals surface area contributed by atoms with E-state index in [0.29, 0.717) is 0 Å². The number of nitrogen functional groups attached to an aromatic ring is 1. The number of aromatic amines is 1. The molecule has 0 bridgehead atoms. The van der Waals surface area contributed by atoms with Crippen molar-refractivity contribution in [1.82, 2.24) is 14.9 Å². The fraction of sp³-hybridized carbons (Fsp3) is 0.462. The van der Waals surface area contributed by atoms with Crippen LogP contribution in [-0.4, -0.2) is 52.6 Å². The van der Waals surface area contributed by atoms with Crippen LogP contribution in [0.2, 0.25) is 0 Å². The highest BCUT2D eigenvalue weighted by molar-refractivity contribution is 7.99. The van der Waals surface area contributed by atoms with Gasteiger partial charge in [-0.1, -0.05) is 0 Å². The number of hydrogen-bond acceptors (Lipinski definition) is 5. The molecule has 19 heavy (non-hydrogen) atoms. The van der Waals surface area contributed by atoms with E-state index in [4.69, 9.17) is 5.73 Å². The molecule has 0 radical (unpaired) electrons. The molecule has 3 rings (SSSR count). The first-order valence-corrected chi connectivity index (χ1v) is 7.76. The summed E-state index contributed by atoms with van der Waals surface area (Å²) in [6, 6.07) is 5.72. The van der Waals surface area contributed by atoms with Crippen molar-refractivity contribution in [1.29, 1.82) is 0 Å². The van der Waals surface area contributed by atoms with Gasteiger partial charge in [0.15, 0.2) is 0 Å². The normalized spacial score (nSPS) is 16.8. The molecule has 1 aromatic heterocycles. The van der Waals surface area contributed by atoms with Crippen LogP contribution in [0.4, 0.5) is 11.6 Å². The van der Waals surface area contributed by atoms with Crippen LogP contribution >= 0.6 is 11.8 Å². The number of imidazole rings is 1. The van der Waals surface area contributed by atoms with Gasteiger partial charge in [-0.05, 0) is 18.2 Å². The number of hydrogen-bond donors (Lipinski definition) is 3. The van der Waals surface area contributed by atoms with Crippen LogP contribution in [0.3, 0.4) is 0 Å². The molecule has 1 aromatic carbocycles. The number of thioether (sulfide) groups is 1. The molecule has 1 aliphatic rings. The number of H-pyrrole nitrogens is 1. The maximum Gasteiger partial charge on any atom is 0.201 e. The van der Waals surface area contributed by atoms with Gasteiger partial charge in [-0.2, -0.15) is 11.8 Å². The van der Waals surface area contributed by atoms with Gasteiger partial charge in [0.05, 0.1) is 11.0 Å². The Labute approximate surface area is 116 Å². The summed E-state index contributed by atoms with van der Waals surface area (Å²) < 4.78 is 0. The summed E-state index contributed by atoms with van der Waals surface area (Å²) in [7, 11) is 0. The van der Waals surface area contributed by atoms with Crippen LogP contribution in [0, 0.1) is 0 Å². The Morgan fingerprint density at radius 1 is 1.37 bits per heavy atom. The molecule has 0 saturated carbocycles. The van der Waals surface area contributed by atoms with Crippen molar-refractivity contribution in [2.45, 2.75) is 0 Å². The summed E-state index contributed by atoms with van der Waals surface area (Å²) in [5.74, 6) is 3.33. The molecule has 1 fully saturated rings. The lowest BCUT2D eigenvalue weighted by molar-refractivity contribution is 0.314. The number of nitrogens with two attached hydrogens (primary N) is 1. The molecule has 4 N–H and O–H groups in total. The summed E-state index contributed by atoms with van der Waals surface area (Å²) in [5.41, 5.74) is 8.45. The molecule has 0 spiro atoms. The molecule has 6 heteroatoms. The van der Waals surface area contributed by atoms with Crippen LogP contribution in [-0.2, 0) is 0 Å². The maximum atomic E-state index is 5.75. The van der Waals surface area contributed by atoms with Crippen molar-refractivity contribution in [2.75, 3.05) is 48.7 Å². The molecule has 1 saturated heterocycles. The van der Waals surface area contributed by atoms with Gasteiger partial charge in [0.2, 0.25) is 5.95 Å². The first-order chi connectivity index (χ1) is 9.31. The Morgan fingerprint density at radius 2 is 2.21 bits per heavy atom. The van der Waals surface area contributed by atoms with E-state index in [0.717, 1.165) is 35.8 Å². The highest BCUT2D eigenvalue weighted by Gasteiger charge is 2.09. The van der Waals surface area contributed by atoms with Crippen LogP contribution in [0.25, 0.3) is 11.0 Å². The van der Waals surface area contributed by atoms with Crippen LogP contribution in [0.1, 0.15) is 0 Å². The summed E-state index contributed by atoms with van der Waals surface area (Å²) in [5, 5.41) is 3.34. The topological polar surface area (TPSA) is 70.0 Å². The van der Waals surface area contributed by atoms with Gasteiger partial charge >= 0.3 is 0 Å². The van der Waals surface area contributed by atoms with Crippen LogP contribution < -0.4 is 11.1 Å². The Kier molecular flexibility index (Phi) is 3.79. The first kappa shape index (κ1) is 12.6. The zero-order valence-corrected chi connectivity index (χ0v) is 11.7. The van der Waals surface area contributed by atoms with E-state index in [9.17, 15) is 0 Å². The molecular formula is C13H19N5S. The SMILES string of the molecule is Nc1ccc2nc(NCCN3CCSCC3)[nH]c2c1. The zero-order valence-electron chi connectivity index (χ0n) is 10.9. The number of nitrogens with zero attached hydrogens (tertiary/aromatic N) is 2. The Morgan fingerprint density at radius 3 is 3.05 bits per heavy atom. The minimum absolute atomic E-state index is 0.758. The summed E-state index contributed by atoms with van der Waals surface area (Å²) in [4.78, 5) is 10.2. The summed E-state index contributed by atoms with van der Waals surface area (Å²) in [6.45, 7) is 4.38. The molecule has 5 nitrogen and oxygen atoms in total. The third-order valence-corrected chi connectivity index (χ3v) is 4.27. The van der Waals surface area contributed by atoms with Gasteiger partial charge in [0.25, 0.3) is 0 Å². The van der Waals surface area contributed by atoms with Crippen LogP contribution in [0.15, 0.2) is 18.2 Å². The molecule has 0 unspecified atom stereocenters. The van der Waals surface area contributed by atoms with Gasteiger partial charge in [0.1, 0.15) is 0 Å². The fourth-order valence-electron chi connectivity index (χ4n) is 2.27. The van der Waals surface area contributed by atoms with Gasteiger partial charge in [0, 0.05) is 43.4 Å². The van der Waals surface area contributed by atoms with E-state index in [-0.39, 0.29) is 0 Å². The number of anilines is 2. The first-order valence-electron chi connectivity index (χ1n) is 6.60. The van der Waals surface area contributed by atoms with E-state index in [1.807, 2.05) is 30.0 Å². The van der Waals surface area contributed by atoms with E-state index in [2.05, 4.69) is 20.2 Å². The zero-order chi connectivity index (χ0) is 13.1. The summed E-state index contributed by atoms with van der Waals surface area (Å²) in [6.07, 6.45) is 0. The van der Waals surface area contributed by atoms with E-state index < -0.39 is 0 Å². The summed E-state index contributed by atoms with van der Waals surface area (Å²) >= 11 is 2.04. The second-order valence-electron chi connectivity index (χ2n) is 4.74. The monoisotopic (exact) mass is 277 g/mol. The molecule has 2 heterocycles. The smallest absolute Gasteiger partial charge is 0.201 e. The number of benzene rings is 1. The number of rotatable bonds is 4. The largest absolute Gasteiger partial charge is 0.399 e. The van der Waals surface area contributed by atoms with E-state index >= 15 is 0 Å². The average Bonchev–Trinajstić information content (AvgIpc) is 2.82. The number of aromatic nitrogens is 2. The predicted octanol–water partition coefficient (Wildman–Crippen LogP) is 1.61. The molecule has 102 valence electrons. The number of nitrogens with one attached hydrogen (secondary N) is 2. The lowest BCUT2D eigenvalue weighted by Gasteiger charge is -2.25. The van der Waals surface area contributed by atoms with Gasteiger partial charge in [-0.15, -0.1) is 0 Å². The minimum Gasteiger partial charge on any atom is -0.399 e. The van der Waals surface area contributed by atoms with Crippen molar-refractivity contribution in [2.24, 2.45) is 0 Å². The molecule has 0 atom stereocenters. The van der Waals surface area contributed by atoms with Gasteiger partial charge in [-0.25, -0.2) is 4.98 Å². The van der Waals surface area contributed by atoms with Crippen molar-refractivity contribution >= 4 is 34.4 Å². The highest BCUT2D eigenvalue weighted by atomic mass is 32.2. The van der Waals surface area contributed by atoms with Crippen LogP contribution in [0.5, 0.6) is 0 Å². The quantitative estimate of drug-likeness (QED) is 0.741. The fourth-order valence-corrected chi connectivity index (χ4v) is 3.25. The lowest BCUT2D eigenvalue weighted by atomic mass is 10.3. The van der Waals surface area contributed by atoms with E-state index in [1.165, 1.54) is 24.6 Å². The lowest BCUT2D eigenvalue weighted by Crippen LogP contribution is -2.36. The second-order valence-corrected chi connectivity index (χ2v) is 5.97. The van der Waals surface area contributed by atoms with Crippen molar-refractivity contribution in [3.63, 3.8) is 0 Å². The maximum absolute atomic E-state index is 5.75. The predicted molar refractivity (Wildman–Crippen MR) is 82.8 cm³/mol. The molecule has 1 aliphatic heterocycles. The highest BCUT2D eigenvalue weighted by Crippen LogP contribution is 2.17. The Hall–Kier alpha value is -1.40. The molecule has 2 aromatic rings. The Balaban J connectivity index is 1.56. The van der Waals surface area contributed by atoms with Crippen molar-refractivity contribution < 1.29 is 0 Å². The molecular weight excluding hydrogens is 258 g/mol. The standard InChI is InChI=1S/C13H19N5S/c14-10-1-2-11-12(9-10)17-13(16-11)15-3-4-18-5-7-19-8-6-18/h1-2,9H,3-8,14H2,(H2,15,16,17). The van der Waals surface area contributed by atoms with Crippen molar-refractivity contribution in [3.05, 3.63) is 18.2 Å². The van der Waals surface area contributed by atoms with E-state index in [1.54, 1.807) is 0 Å². The average molecular weight is 277 g/mol. The third kappa shape index (κ3) is 3.13. The molecule has 0 aliphatic carbocycles. The number of fused-ring (bicyclic) bond motifs is 1.